The molecule has 4 rings (SSSR count). The lowest BCUT2D eigenvalue weighted by molar-refractivity contribution is 0.401. The molecule has 0 aliphatic heterocycles. The Morgan fingerprint density at radius 1 is 1.41 bits per heavy atom. The smallest absolute Gasteiger partial charge is 0.181 e. The van der Waals surface area contributed by atoms with Gasteiger partial charge in [0.1, 0.15) is 23.1 Å². The van der Waals surface area contributed by atoms with Gasteiger partial charge in [0.25, 0.3) is 0 Å². The first-order chi connectivity index (χ1) is 14.1. The van der Waals surface area contributed by atoms with Gasteiger partial charge >= 0.3 is 0 Å². The summed E-state index contributed by atoms with van der Waals surface area (Å²) < 4.78 is 10.7. The number of nitrogen functional groups attached to an aromatic ring is 1. The number of rotatable bonds is 5. The number of hydrogen-bond acceptors (Lipinski definition) is 8. The van der Waals surface area contributed by atoms with E-state index in [-0.39, 0.29) is 11.8 Å². The van der Waals surface area contributed by atoms with Gasteiger partial charge in [0.2, 0.25) is 0 Å². The largest absolute Gasteiger partial charge is 0.495 e. The number of nitrogens with one attached hydrogen (secondary N) is 2. The van der Waals surface area contributed by atoms with Crippen molar-refractivity contribution in [1.82, 2.24) is 9.97 Å². The van der Waals surface area contributed by atoms with E-state index < -0.39 is 0 Å². The van der Waals surface area contributed by atoms with Crippen molar-refractivity contribution in [3.63, 3.8) is 0 Å². The van der Waals surface area contributed by atoms with Crippen molar-refractivity contribution in [3.05, 3.63) is 65.1 Å². The molecule has 0 fully saturated rings. The molecule has 3 aromatic rings. The molecule has 0 spiro atoms. The summed E-state index contributed by atoms with van der Waals surface area (Å²) in [6.45, 7) is 0. The summed E-state index contributed by atoms with van der Waals surface area (Å²) in [4.78, 5) is 8.40. The second-order valence-electron chi connectivity index (χ2n) is 6.81. The number of nitrogens with zero attached hydrogens (tertiary/aromatic N) is 3. The summed E-state index contributed by atoms with van der Waals surface area (Å²) in [5.74, 6) is 0.960. The zero-order valence-corrected chi connectivity index (χ0v) is 15.9. The van der Waals surface area contributed by atoms with E-state index >= 15 is 0 Å². The molecule has 0 radical (unpaired) electrons. The number of nitrogens with two attached hydrogens (primary N) is 1. The van der Waals surface area contributed by atoms with Gasteiger partial charge < -0.3 is 20.2 Å². The number of ether oxygens (including phenoxy) is 1. The zero-order valence-electron chi connectivity index (χ0n) is 15.9. The first-order valence-electron chi connectivity index (χ1n) is 9.22. The minimum absolute atomic E-state index is 0.0312. The quantitative estimate of drug-likeness (QED) is 0.450. The van der Waals surface area contributed by atoms with E-state index in [2.05, 4.69) is 21.4 Å². The van der Waals surface area contributed by atoms with E-state index in [1.165, 1.54) is 12.6 Å². The molecule has 1 aliphatic rings. The van der Waals surface area contributed by atoms with Crippen LogP contribution in [0.4, 0.5) is 11.4 Å². The molecule has 0 bridgehead atoms. The fourth-order valence-electron chi connectivity index (χ4n) is 3.70. The van der Waals surface area contributed by atoms with Crippen LogP contribution >= 0.6 is 0 Å². The van der Waals surface area contributed by atoms with E-state index in [0.717, 1.165) is 36.2 Å². The number of hydrogen-bond donors (Lipinski definition) is 3. The van der Waals surface area contributed by atoms with Gasteiger partial charge in [0.15, 0.2) is 12.2 Å². The van der Waals surface area contributed by atoms with E-state index in [1.807, 2.05) is 12.1 Å². The Balaban J connectivity index is 1.66. The molecule has 2 aromatic heterocycles. The van der Waals surface area contributed by atoms with Crippen LogP contribution in [0, 0.1) is 16.7 Å². The van der Waals surface area contributed by atoms with Crippen LogP contribution in [0.15, 0.2) is 41.4 Å². The third-order valence-corrected chi connectivity index (χ3v) is 5.08. The summed E-state index contributed by atoms with van der Waals surface area (Å²) in [6, 6.07) is 7.58. The lowest BCUT2D eigenvalue weighted by Crippen LogP contribution is -2.20. The van der Waals surface area contributed by atoms with Crippen molar-refractivity contribution in [2.75, 3.05) is 18.2 Å². The van der Waals surface area contributed by atoms with Gasteiger partial charge in [-0.15, -0.1) is 0 Å². The van der Waals surface area contributed by atoms with Gasteiger partial charge in [-0.25, -0.2) is 4.98 Å². The molecule has 4 N–H and O–H groups in total. The molecule has 8 heteroatoms. The Hall–Kier alpha value is -3.86. The molecule has 1 aromatic carbocycles. The van der Waals surface area contributed by atoms with Crippen LogP contribution in [0.2, 0.25) is 0 Å². The highest BCUT2D eigenvalue weighted by molar-refractivity contribution is 6.12. The van der Waals surface area contributed by atoms with Gasteiger partial charge in [0, 0.05) is 28.7 Å². The minimum atomic E-state index is -0.0312. The van der Waals surface area contributed by atoms with Gasteiger partial charge in [0.05, 0.1) is 25.0 Å². The molecule has 0 unspecified atom stereocenters. The maximum atomic E-state index is 9.31. The zero-order chi connectivity index (χ0) is 20.4. The lowest BCUT2D eigenvalue weighted by Gasteiger charge is -2.28. The van der Waals surface area contributed by atoms with Crippen LogP contribution in [-0.4, -0.2) is 22.8 Å². The number of pyridine rings is 1. The highest BCUT2D eigenvalue weighted by Crippen LogP contribution is 2.37. The average molecular weight is 388 g/mol. The Bertz CT molecular complexity index is 1100. The number of fused-ring (bicyclic) bond motifs is 1. The minimum Gasteiger partial charge on any atom is -0.495 e. The Labute approximate surface area is 167 Å². The SMILES string of the molecule is COc1c(C#N)cnc2c1CCC[C@H]2Nc1ccc(N)c(C(=N)c2cnco2)c1. The van der Waals surface area contributed by atoms with Crippen LogP contribution in [0.5, 0.6) is 5.75 Å². The van der Waals surface area contributed by atoms with Gasteiger partial charge in [-0.05, 0) is 37.5 Å². The van der Waals surface area contributed by atoms with Crippen molar-refractivity contribution >= 4 is 17.1 Å². The fraction of sp³-hybridized carbons (Fsp3) is 0.238. The molecule has 146 valence electrons. The predicted octanol–water partition coefficient (Wildman–Crippen LogP) is 3.44. The second kappa shape index (κ2) is 7.64. The van der Waals surface area contributed by atoms with E-state index in [9.17, 15) is 5.26 Å². The molecule has 8 nitrogen and oxygen atoms in total. The van der Waals surface area contributed by atoms with Crippen molar-refractivity contribution in [2.45, 2.75) is 25.3 Å². The third-order valence-electron chi connectivity index (χ3n) is 5.08. The number of oxazole rings is 1. The molecular weight excluding hydrogens is 368 g/mol. The summed E-state index contributed by atoms with van der Waals surface area (Å²) in [5.41, 5.74) is 10.4. The summed E-state index contributed by atoms with van der Waals surface area (Å²) in [5, 5.41) is 21.2. The average Bonchev–Trinajstić information content (AvgIpc) is 3.28. The number of anilines is 2. The Morgan fingerprint density at radius 3 is 3.00 bits per heavy atom. The molecule has 29 heavy (non-hydrogen) atoms. The van der Waals surface area contributed by atoms with Crippen molar-refractivity contribution in [3.8, 4) is 11.8 Å². The van der Waals surface area contributed by atoms with Crippen molar-refractivity contribution in [1.29, 1.82) is 10.7 Å². The summed E-state index contributed by atoms with van der Waals surface area (Å²) >= 11 is 0. The Kier molecular flexibility index (Phi) is 4.87. The van der Waals surface area contributed by atoms with Crippen LogP contribution in [0.1, 0.15) is 47.0 Å². The predicted molar refractivity (Wildman–Crippen MR) is 108 cm³/mol. The van der Waals surface area contributed by atoms with Crippen LogP contribution < -0.4 is 15.8 Å². The monoisotopic (exact) mass is 388 g/mol. The molecule has 2 heterocycles. The van der Waals surface area contributed by atoms with E-state index in [4.69, 9.17) is 20.3 Å². The summed E-state index contributed by atoms with van der Waals surface area (Å²) in [6.07, 6.45) is 7.01. The van der Waals surface area contributed by atoms with Crippen molar-refractivity contribution in [2.24, 2.45) is 0 Å². The Morgan fingerprint density at radius 2 is 2.28 bits per heavy atom. The topological polar surface area (TPSA) is 134 Å². The molecule has 1 atom stereocenters. The van der Waals surface area contributed by atoms with Crippen LogP contribution in [-0.2, 0) is 6.42 Å². The highest BCUT2D eigenvalue weighted by Gasteiger charge is 2.26. The van der Waals surface area contributed by atoms with Crippen LogP contribution in [0.25, 0.3) is 0 Å². The molecule has 0 saturated heterocycles. The van der Waals surface area contributed by atoms with Gasteiger partial charge in [-0.1, -0.05) is 0 Å². The maximum Gasteiger partial charge on any atom is 0.181 e. The van der Waals surface area contributed by atoms with E-state index in [0.29, 0.717) is 28.3 Å². The lowest BCUT2D eigenvalue weighted by atomic mass is 9.90. The first-order valence-corrected chi connectivity index (χ1v) is 9.22. The summed E-state index contributed by atoms with van der Waals surface area (Å²) in [7, 11) is 1.58. The molecule has 0 amide bonds. The van der Waals surface area contributed by atoms with Gasteiger partial charge in [-0.3, -0.25) is 10.4 Å². The normalized spacial score (nSPS) is 15.2. The standard InChI is InChI=1S/C21H20N6O2/c1-28-21-12(8-22)9-26-20-14(21)3-2-4-17(20)27-13-5-6-16(23)15(7-13)19(24)18-10-25-11-29-18/h5-7,9-11,17,24,27H,2-4,23H2,1H3/t17-/m1/s1. The van der Waals surface area contributed by atoms with Crippen LogP contribution in [0.3, 0.4) is 0 Å². The van der Waals surface area contributed by atoms with Crippen molar-refractivity contribution < 1.29 is 9.15 Å². The van der Waals surface area contributed by atoms with E-state index in [1.54, 1.807) is 19.4 Å². The number of methoxy groups -OCH3 is 1. The molecule has 1 aliphatic carbocycles. The third kappa shape index (κ3) is 3.38. The number of nitriles is 1. The maximum absolute atomic E-state index is 9.31. The highest BCUT2D eigenvalue weighted by atomic mass is 16.5. The first kappa shape index (κ1) is 18.5. The number of benzene rings is 1. The number of aromatic nitrogens is 2. The second-order valence-corrected chi connectivity index (χ2v) is 6.81. The molecular formula is C21H20N6O2. The molecule has 0 saturated carbocycles. The van der Waals surface area contributed by atoms with Gasteiger partial charge in [-0.2, -0.15) is 5.26 Å². The fourth-order valence-corrected chi connectivity index (χ4v) is 3.70.